The molecule has 2 saturated heterocycles. The molecule has 2 aliphatic heterocycles. The molecular formula is C12H21NO3. The van der Waals surface area contributed by atoms with Gasteiger partial charge in [-0.25, -0.2) is 0 Å². The Kier molecular flexibility index (Phi) is 2.92. The Morgan fingerprint density at radius 3 is 2.69 bits per heavy atom. The molecule has 0 aromatic rings. The van der Waals surface area contributed by atoms with Gasteiger partial charge in [0.25, 0.3) is 0 Å². The monoisotopic (exact) mass is 227 g/mol. The molecule has 1 saturated carbocycles. The number of hydrogen-bond donors (Lipinski definition) is 0. The van der Waals surface area contributed by atoms with E-state index < -0.39 is 0 Å². The van der Waals surface area contributed by atoms with Crippen LogP contribution in [0.15, 0.2) is 0 Å². The molecule has 0 bridgehead atoms. The summed E-state index contributed by atoms with van der Waals surface area (Å²) in [6, 6.07) is 0.376. The minimum absolute atomic E-state index is 0.200. The number of ether oxygens (including phenoxy) is 2. The van der Waals surface area contributed by atoms with E-state index in [0.29, 0.717) is 6.04 Å². The molecule has 0 aromatic carbocycles. The Morgan fingerprint density at radius 2 is 2.00 bits per heavy atom. The molecule has 2 heterocycles. The highest BCUT2D eigenvalue weighted by Crippen LogP contribution is 2.39. The standard InChI is InChI=1S/C12H21NO3/c1-13-10(5-8-15-13)11-9-14-12(16-11)6-3-2-4-7-12/h10-11H,2-9H2,1H3/t10-,11+/m0/s1. The summed E-state index contributed by atoms with van der Waals surface area (Å²) >= 11 is 0. The maximum absolute atomic E-state index is 6.20. The lowest BCUT2D eigenvalue weighted by Gasteiger charge is -2.32. The predicted molar refractivity (Wildman–Crippen MR) is 58.8 cm³/mol. The highest BCUT2D eigenvalue weighted by Gasteiger charge is 2.46. The molecule has 0 unspecified atom stereocenters. The van der Waals surface area contributed by atoms with Crippen LogP contribution in [0.5, 0.6) is 0 Å². The molecule has 4 heteroatoms. The van der Waals surface area contributed by atoms with E-state index in [0.717, 1.165) is 32.5 Å². The van der Waals surface area contributed by atoms with Crippen LogP contribution >= 0.6 is 0 Å². The largest absolute Gasteiger partial charge is 0.347 e. The van der Waals surface area contributed by atoms with Crippen molar-refractivity contribution in [2.45, 2.75) is 56.5 Å². The second kappa shape index (κ2) is 4.26. The van der Waals surface area contributed by atoms with E-state index in [4.69, 9.17) is 14.3 Å². The number of likely N-dealkylation sites (N-methyl/N-ethyl adjacent to an activating group) is 1. The molecule has 1 aliphatic carbocycles. The van der Waals surface area contributed by atoms with Crippen molar-refractivity contribution in [3.05, 3.63) is 0 Å². The van der Waals surface area contributed by atoms with Crippen LogP contribution < -0.4 is 0 Å². The van der Waals surface area contributed by atoms with Crippen LogP contribution in [0.2, 0.25) is 0 Å². The first-order valence-corrected chi connectivity index (χ1v) is 6.47. The summed E-state index contributed by atoms with van der Waals surface area (Å²) in [5.74, 6) is -0.244. The number of rotatable bonds is 1. The van der Waals surface area contributed by atoms with Gasteiger partial charge in [0.1, 0.15) is 6.10 Å². The van der Waals surface area contributed by atoms with E-state index in [1.54, 1.807) is 0 Å². The van der Waals surface area contributed by atoms with Crippen molar-refractivity contribution < 1.29 is 14.3 Å². The Bertz CT molecular complexity index is 253. The van der Waals surface area contributed by atoms with Gasteiger partial charge in [0.15, 0.2) is 5.79 Å². The summed E-state index contributed by atoms with van der Waals surface area (Å²) in [7, 11) is 1.99. The van der Waals surface area contributed by atoms with Gasteiger partial charge in [-0.05, 0) is 19.3 Å². The first-order valence-electron chi connectivity index (χ1n) is 6.47. The first-order chi connectivity index (χ1) is 7.79. The molecule has 1 spiro atoms. The van der Waals surface area contributed by atoms with Gasteiger partial charge in [-0.1, -0.05) is 6.42 Å². The van der Waals surface area contributed by atoms with Crippen molar-refractivity contribution in [1.82, 2.24) is 5.06 Å². The van der Waals surface area contributed by atoms with Gasteiger partial charge in [0.05, 0.1) is 19.3 Å². The van der Waals surface area contributed by atoms with Crippen LogP contribution in [0.25, 0.3) is 0 Å². The van der Waals surface area contributed by atoms with Gasteiger partial charge in [0, 0.05) is 19.9 Å². The van der Waals surface area contributed by atoms with Gasteiger partial charge >= 0.3 is 0 Å². The molecule has 0 amide bonds. The van der Waals surface area contributed by atoms with Crippen molar-refractivity contribution in [2.24, 2.45) is 0 Å². The van der Waals surface area contributed by atoms with E-state index in [1.165, 1.54) is 19.3 Å². The summed E-state index contributed by atoms with van der Waals surface area (Å²) in [6.45, 7) is 1.55. The quantitative estimate of drug-likeness (QED) is 0.682. The summed E-state index contributed by atoms with van der Waals surface area (Å²) in [5, 5.41) is 1.94. The summed E-state index contributed by atoms with van der Waals surface area (Å²) in [5.41, 5.74) is 0. The summed E-state index contributed by atoms with van der Waals surface area (Å²) < 4.78 is 12.2. The third kappa shape index (κ3) is 1.88. The smallest absolute Gasteiger partial charge is 0.168 e. The van der Waals surface area contributed by atoms with Crippen LogP contribution in [0.3, 0.4) is 0 Å². The molecule has 3 fully saturated rings. The van der Waals surface area contributed by atoms with Gasteiger partial charge in [-0.3, -0.25) is 4.84 Å². The zero-order valence-electron chi connectivity index (χ0n) is 9.98. The zero-order valence-corrected chi connectivity index (χ0v) is 9.98. The van der Waals surface area contributed by atoms with Crippen molar-refractivity contribution in [1.29, 1.82) is 0 Å². The van der Waals surface area contributed by atoms with E-state index in [1.807, 2.05) is 12.1 Å². The predicted octanol–water partition coefficient (Wildman–Crippen LogP) is 1.70. The molecule has 4 nitrogen and oxygen atoms in total. The molecule has 16 heavy (non-hydrogen) atoms. The van der Waals surface area contributed by atoms with E-state index in [2.05, 4.69) is 0 Å². The molecule has 3 rings (SSSR count). The van der Waals surface area contributed by atoms with E-state index in [-0.39, 0.29) is 11.9 Å². The molecule has 0 N–H and O–H groups in total. The van der Waals surface area contributed by atoms with Gasteiger partial charge < -0.3 is 9.47 Å². The SMILES string of the molecule is CN1OCC[C@H]1[C@H]1COC2(CCCCC2)O1. The number of hydroxylamine groups is 2. The van der Waals surface area contributed by atoms with E-state index in [9.17, 15) is 0 Å². The molecule has 2 atom stereocenters. The van der Waals surface area contributed by atoms with Crippen LogP contribution in [0.4, 0.5) is 0 Å². The lowest BCUT2D eigenvalue weighted by molar-refractivity contribution is -0.201. The first kappa shape index (κ1) is 11.0. The third-order valence-corrected chi connectivity index (χ3v) is 4.10. The fourth-order valence-corrected chi connectivity index (χ4v) is 3.14. The minimum atomic E-state index is -0.244. The molecule has 92 valence electrons. The van der Waals surface area contributed by atoms with Crippen LogP contribution in [0, 0.1) is 0 Å². The van der Waals surface area contributed by atoms with Crippen molar-refractivity contribution in [2.75, 3.05) is 20.3 Å². The van der Waals surface area contributed by atoms with Gasteiger partial charge in [0.2, 0.25) is 0 Å². The molecular weight excluding hydrogens is 206 g/mol. The van der Waals surface area contributed by atoms with Crippen molar-refractivity contribution in [3.63, 3.8) is 0 Å². The highest BCUT2D eigenvalue weighted by molar-refractivity contribution is 4.88. The maximum Gasteiger partial charge on any atom is 0.168 e. The van der Waals surface area contributed by atoms with Gasteiger partial charge in [-0.2, -0.15) is 5.06 Å². The Hall–Kier alpha value is -0.160. The second-order valence-corrected chi connectivity index (χ2v) is 5.17. The summed E-state index contributed by atoms with van der Waals surface area (Å²) in [4.78, 5) is 5.45. The van der Waals surface area contributed by atoms with Crippen LogP contribution in [-0.2, 0) is 14.3 Å². The van der Waals surface area contributed by atoms with E-state index >= 15 is 0 Å². The second-order valence-electron chi connectivity index (χ2n) is 5.17. The number of nitrogens with zero attached hydrogens (tertiary/aromatic N) is 1. The maximum atomic E-state index is 6.20. The highest BCUT2D eigenvalue weighted by atomic mass is 16.8. The fraction of sp³-hybridized carbons (Fsp3) is 1.00. The normalized spacial score (nSPS) is 39.6. The van der Waals surface area contributed by atoms with Gasteiger partial charge in [-0.15, -0.1) is 0 Å². The molecule has 0 radical (unpaired) electrons. The topological polar surface area (TPSA) is 30.9 Å². The Morgan fingerprint density at radius 1 is 1.19 bits per heavy atom. The average molecular weight is 227 g/mol. The fourth-order valence-electron chi connectivity index (χ4n) is 3.14. The number of hydrogen-bond acceptors (Lipinski definition) is 4. The Balaban J connectivity index is 1.63. The zero-order chi connectivity index (χ0) is 11.0. The third-order valence-electron chi connectivity index (χ3n) is 4.10. The lowest BCUT2D eigenvalue weighted by Crippen LogP contribution is -2.40. The average Bonchev–Trinajstić information content (AvgIpc) is 2.87. The lowest BCUT2D eigenvalue weighted by atomic mass is 9.94. The molecule has 0 aromatic heterocycles. The summed E-state index contributed by atoms with van der Waals surface area (Å²) in [6.07, 6.45) is 7.20. The molecule has 3 aliphatic rings. The van der Waals surface area contributed by atoms with Crippen LogP contribution in [-0.4, -0.2) is 43.3 Å². The van der Waals surface area contributed by atoms with Crippen molar-refractivity contribution in [3.8, 4) is 0 Å². The van der Waals surface area contributed by atoms with Crippen molar-refractivity contribution >= 4 is 0 Å². The Labute approximate surface area is 96.8 Å². The van der Waals surface area contributed by atoms with Crippen LogP contribution in [0.1, 0.15) is 38.5 Å². The minimum Gasteiger partial charge on any atom is -0.347 e.